The van der Waals surface area contributed by atoms with Crippen molar-refractivity contribution < 1.29 is 14.3 Å². The van der Waals surface area contributed by atoms with Crippen molar-refractivity contribution in [3.8, 4) is 11.6 Å². The summed E-state index contributed by atoms with van der Waals surface area (Å²) in [4.78, 5) is 17.7. The van der Waals surface area contributed by atoms with Gasteiger partial charge in [-0.25, -0.2) is 4.98 Å². The van der Waals surface area contributed by atoms with Crippen LogP contribution in [0.15, 0.2) is 83.3 Å². The van der Waals surface area contributed by atoms with Crippen molar-refractivity contribution in [2.24, 2.45) is 0 Å². The summed E-state index contributed by atoms with van der Waals surface area (Å²) in [6.45, 7) is 0.709. The van der Waals surface area contributed by atoms with Crippen molar-refractivity contribution in [2.45, 2.75) is 13.2 Å². The van der Waals surface area contributed by atoms with Crippen LogP contribution >= 0.6 is 15.9 Å². The molecule has 0 saturated carbocycles. The summed E-state index contributed by atoms with van der Waals surface area (Å²) in [6.07, 6.45) is 0. The molecule has 0 fully saturated rings. The van der Waals surface area contributed by atoms with Crippen molar-refractivity contribution in [3.05, 3.63) is 100 Å². The third-order valence-electron chi connectivity index (χ3n) is 4.85. The number of carbonyl (C=O) groups excluding carboxylic acids is 1. The number of hydrogen-bond acceptors (Lipinski definition) is 4. The summed E-state index contributed by atoms with van der Waals surface area (Å²) in [5.41, 5.74) is 3.13. The maximum absolute atomic E-state index is 13.1. The predicted molar refractivity (Wildman–Crippen MR) is 124 cm³/mol. The standard InChI is InChI=1S/C25H21BrN2O3/c1-30-23-12-11-19(26)13-18(23)15-27-25(29)21-14-24(28-22-10-6-5-9-20(21)22)31-16-17-7-3-2-4-8-17/h2-14H,15-16H2,1H3,(H,27,29). The van der Waals surface area contributed by atoms with Gasteiger partial charge in [0.15, 0.2) is 0 Å². The lowest BCUT2D eigenvalue weighted by atomic mass is 10.1. The van der Waals surface area contributed by atoms with E-state index in [4.69, 9.17) is 9.47 Å². The number of benzene rings is 3. The molecule has 1 heterocycles. The number of para-hydroxylation sites is 1. The van der Waals surface area contributed by atoms with E-state index in [1.54, 1.807) is 13.2 Å². The number of ether oxygens (including phenoxy) is 2. The Morgan fingerprint density at radius 3 is 2.58 bits per heavy atom. The van der Waals surface area contributed by atoms with Gasteiger partial charge >= 0.3 is 0 Å². The van der Waals surface area contributed by atoms with E-state index < -0.39 is 0 Å². The molecule has 1 N–H and O–H groups in total. The predicted octanol–water partition coefficient (Wildman–Crippen LogP) is 5.51. The molecule has 0 aliphatic carbocycles. The highest BCUT2D eigenvalue weighted by Crippen LogP contribution is 2.25. The average Bonchev–Trinajstić information content (AvgIpc) is 2.81. The van der Waals surface area contributed by atoms with Gasteiger partial charge < -0.3 is 14.8 Å². The van der Waals surface area contributed by atoms with Gasteiger partial charge in [0.1, 0.15) is 12.4 Å². The molecule has 1 aromatic heterocycles. The molecule has 1 amide bonds. The van der Waals surface area contributed by atoms with Crippen LogP contribution in [0.25, 0.3) is 10.9 Å². The largest absolute Gasteiger partial charge is 0.496 e. The Hall–Kier alpha value is -3.38. The second kappa shape index (κ2) is 9.62. The van der Waals surface area contributed by atoms with Crippen molar-refractivity contribution >= 4 is 32.7 Å². The van der Waals surface area contributed by atoms with Crippen LogP contribution in [0.3, 0.4) is 0 Å². The number of halogens is 1. The lowest BCUT2D eigenvalue weighted by Crippen LogP contribution is -2.23. The molecule has 6 heteroatoms. The van der Waals surface area contributed by atoms with Crippen molar-refractivity contribution in [1.29, 1.82) is 0 Å². The van der Waals surface area contributed by atoms with Crippen molar-refractivity contribution in [2.75, 3.05) is 7.11 Å². The zero-order valence-corrected chi connectivity index (χ0v) is 18.6. The number of amides is 1. The lowest BCUT2D eigenvalue weighted by molar-refractivity contribution is 0.0951. The number of fused-ring (bicyclic) bond motifs is 1. The fourth-order valence-corrected chi connectivity index (χ4v) is 3.71. The quantitative estimate of drug-likeness (QED) is 0.381. The fourth-order valence-electron chi connectivity index (χ4n) is 3.30. The maximum atomic E-state index is 13.1. The minimum Gasteiger partial charge on any atom is -0.496 e. The number of nitrogens with zero attached hydrogens (tertiary/aromatic N) is 1. The van der Waals surface area contributed by atoms with E-state index in [0.29, 0.717) is 30.1 Å². The second-order valence-electron chi connectivity index (χ2n) is 6.94. The zero-order valence-electron chi connectivity index (χ0n) is 17.0. The molecule has 4 aromatic rings. The van der Waals surface area contributed by atoms with Gasteiger partial charge in [0.25, 0.3) is 5.91 Å². The summed E-state index contributed by atoms with van der Waals surface area (Å²) < 4.78 is 12.2. The van der Waals surface area contributed by atoms with Crippen LogP contribution in [0, 0.1) is 0 Å². The van der Waals surface area contributed by atoms with E-state index in [2.05, 4.69) is 26.2 Å². The SMILES string of the molecule is COc1ccc(Br)cc1CNC(=O)c1cc(OCc2ccccc2)nc2ccccc12. The van der Waals surface area contributed by atoms with Gasteiger partial charge in [0, 0.05) is 28.0 Å². The molecule has 0 unspecified atom stereocenters. The van der Waals surface area contributed by atoms with Crippen molar-refractivity contribution in [1.82, 2.24) is 10.3 Å². The molecule has 0 aliphatic heterocycles. The first kappa shape index (κ1) is 20.9. The van der Waals surface area contributed by atoms with Crippen LogP contribution in [0.1, 0.15) is 21.5 Å². The molecule has 5 nitrogen and oxygen atoms in total. The smallest absolute Gasteiger partial charge is 0.252 e. The summed E-state index contributed by atoms with van der Waals surface area (Å²) >= 11 is 3.46. The van der Waals surface area contributed by atoms with E-state index in [9.17, 15) is 4.79 Å². The van der Waals surface area contributed by atoms with Gasteiger partial charge in [0.05, 0.1) is 18.2 Å². The third kappa shape index (κ3) is 5.03. The number of methoxy groups -OCH3 is 1. The van der Waals surface area contributed by atoms with Crippen LogP contribution in [0.4, 0.5) is 0 Å². The molecule has 0 spiro atoms. The van der Waals surface area contributed by atoms with Crippen LogP contribution < -0.4 is 14.8 Å². The van der Waals surface area contributed by atoms with Gasteiger partial charge in [-0.3, -0.25) is 4.79 Å². The Morgan fingerprint density at radius 2 is 1.77 bits per heavy atom. The monoisotopic (exact) mass is 476 g/mol. The van der Waals surface area contributed by atoms with E-state index >= 15 is 0 Å². The normalized spacial score (nSPS) is 10.6. The molecule has 0 radical (unpaired) electrons. The number of rotatable bonds is 7. The summed E-state index contributed by atoms with van der Waals surface area (Å²) in [5, 5.41) is 3.76. The first-order valence-electron chi connectivity index (χ1n) is 9.81. The molecular weight excluding hydrogens is 456 g/mol. The third-order valence-corrected chi connectivity index (χ3v) is 5.34. The number of nitrogens with one attached hydrogen (secondary N) is 1. The molecule has 156 valence electrons. The lowest BCUT2D eigenvalue weighted by Gasteiger charge is -2.13. The summed E-state index contributed by atoms with van der Waals surface area (Å²) in [6, 6.07) is 24.8. The summed E-state index contributed by atoms with van der Waals surface area (Å²) in [7, 11) is 1.61. The van der Waals surface area contributed by atoms with E-state index in [1.807, 2.05) is 72.8 Å². The number of carbonyl (C=O) groups is 1. The summed E-state index contributed by atoms with van der Waals surface area (Å²) in [5.74, 6) is 0.924. The average molecular weight is 477 g/mol. The maximum Gasteiger partial charge on any atom is 0.252 e. The first-order valence-corrected chi connectivity index (χ1v) is 10.6. The highest BCUT2D eigenvalue weighted by atomic mass is 79.9. The number of aromatic nitrogens is 1. The van der Waals surface area contributed by atoms with Crippen LogP contribution in [-0.2, 0) is 13.2 Å². The zero-order chi connectivity index (χ0) is 21.6. The van der Waals surface area contributed by atoms with Gasteiger partial charge in [-0.2, -0.15) is 0 Å². The van der Waals surface area contributed by atoms with E-state index in [1.165, 1.54) is 0 Å². The van der Waals surface area contributed by atoms with Gasteiger partial charge in [-0.15, -0.1) is 0 Å². The first-order chi connectivity index (χ1) is 15.1. The van der Waals surface area contributed by atoms with Crippen LogP contribution in [0.2, 0.25) is 0 Å². The Kier molecular flexibility index (Phi) is 6.48. The highest BCUT2D eigenvalue weighted by molar-refractivity contribution is 9.10. The minimum atomic E-state index is -0.204. The molecule has 0 saturated heterocycles. The topological polar surface area (TPSA) is 60.5 Å². The second-order valence-corrected chi connectivity index (χ2v) is 7.85. The van der Waals surface area contributed by atoms with Crippen molar-refractivity contribution in [3.63, 3.8) is 0 Å². The highest BCUT2D eigenvalue weighted by Gasteiger charge is 2.15. The molecule has 4 rings (SSSR count). The van der Waals surface area contributed by atoms with E-state index in [0.717, 1.165) is 26.7 Å². The molecule has 0 atom stereocenters. The van der Waals surface area contributed by atoms with Gasteiger partial charge in [-0.1, -0.05) is 64.5 Å². The van der Waals surface area contributed by atoms with Gasteiger partial charge in [0.2, 0.25) is 5.88 Å². The fraction of sp³-hybridized carbons (Fsp3) is 0.120. The molecule has 31 heavy (non-hydrogen) atoms. The minimum absolute atomic E-state index is 0.204. The number of pyridine rings is 1. The number of hydrogen-bond donors (Lipinski definition) is 1. The Balaban J connectivity index is 1.58. The Labute approximate surface area is 189 Å². The van der Waals surface area contributed by atoms with Crippen LogP contribution in [0.5, 0.6) is 11.6 Å². The Bertz CT molecular complexity index is 1210. The Morgan fingerprint density at radius 1 is 1.00 bits per heavy atom. The molecule has 0 bridgehead atoms. The van der Waals surface area contributed by atoms with Gasteiger partial charge in [-0.05, 0) is 29.8 Å². The van der Waals surface area contributed by atoms with Crippen LogP contribution in [-0.4, -0.2) is 18.0 Å². The molecule has 0 aliphatic rings. The molecule has 3 aromatic carbocycles. The molecular formula is C25H21BrN2O3. The van der Waals surface area contributed by atoms with E-state index in [-0.39, 0.29) is 5.91 Å².